The molecule has 0 atom stereocenters. The molecule has 0 aliphatic heterocycles. The predicted octanol–water partition coefficient (Wildman–Crippen LogP) is 5.69. The lowest BCUT2D eigenvalue weighted by atomic mass is 9.92. The summed E-state index contributed by atoms with van der Waals surface area (Å²) in [6.45, 7) is 6.62. The van der Waals surface area contributed by atoms with Crippen LogP contribution in [-0.2, 0) is 12.0 Å². The molecule has 7 heteroatoms. The molecule has 2 aromatic heterocycles. The Kier molecular flexibility index (Phi) is 5.65. The second kappa shape index (κ2) is 8.40. The average Bonchev–Trinajstić information content (AvgIpc) is 3.17. The molecule has 4 aromatic rings. The molecule has 4 rings (SSSR count). The number of pyridine rings is 1. The van der Waals surface area contributed by atoms with E-state index in [9.17, 15) is 4.79 Å². The van der Waals surface area contributed by atoms with Gasteiger partial charge in [0, 0.05) is 15.8 Å². The summed E-state index contributed by atoms with van der Waals surface area (Å²) in [6.07, 6.45) is 1.65. The number of nitrogens with zero attached hydrogens (tertiary/aromatic N) is 3. The third-order valence-electron chi connectivity index (χ3n) is 4.88. The van der Waals surface area contributed by atoms with Crippen LogP contribution in [0.3, 0.4) is 0 Å². The zero-order valence-corrected chi connectivity index (χ0v) is 18.4. The lowest BCUT2D eigenvalue weighted by molar-refractivity contribution is 0.251. The molecule has 0 bridgehead atoms. The number of benzene rings is 2. The zero-order valence-electron chi connectivity index (χ0n) is 17.7. The standard InChI is InChI=1S/C24H24ClN5O/c1-24(2,3)22-13-20(30(29-22)19-9-6-8-17(25)12-19)15-27-23(31)28-18-11-16-7-4-5-10-21(16)26-14-18/h4-14H,15H2,1-3H3,(H2,27,28,31). The summed E-state index contributed by atoms with van der Waals surface area (Å²) in [5.74, 6) is 0. The maximum Gasteiger partial charge on any atom is 0.319 e. The summed E-state index contributed by atoms with van der Waals surface area (Å²) in [4.78, 5) is 16.9. The number of urea groups is 1. The number of amides is 2. The fraction of sp³-hybridized carbons (Fsp3) is 0.208. The molecule has 0 aliphatic carbocycles. The maximum atomic E-state index is 12.5. The van der Waals surface area contributed by atoms with Gasteiger partial charge in [-0.2, -0.15) is 5.10 Å². The number of carbonyl (C=O) groups is 1. The van der Waals surface area contributed by atoms with Crippen molar-refractivity contribution in [2.24, 2.45) is 0 Å². The summed E-state index contributed by atoms with van der Waals surface area (Å²) < 4.78 is 1.82. The molecular formula is C24H24ClN5O. The molecule has 0 unspecified atom stereocenters. The van der Waals surface area contributed by atoms with E-state index in [0.717, 1.165) is 28.0 Å². The predicted molar refractivity (Wildman–Crippen MR) is 125 cm³/mol. The number of nitrogens with one attached hydrogen (secondary N) is 2. The largest absolute Gasteiger partial charge is 0.332 e. The van der Waals surface area contributed by atoms with Crippen molar-refractivity contribution in [3.8, 4) is 5.69 Å². The third-order valence-corrected chi connectivity index (χ3v) is 5.12. The Hall–Kier alpha value is -3.38. The van der Waals surface area contributed by atoms with E-state index in [0.29, 0.717) is 17.3 Å². The molecule has 2 heterocycles. The van der Waals surface area contributed by atoms with E-state index in [2.05, 4.69) is 36.4 Å². The van der Waals surface area contributed by atoms with Crippen molar-refractivity contribution in [3.05, 3.63) is 83.3 Å². The number of halogens is 1. The van der Waals surface area contributed by atoms with Crippen molar-refractivity contribution >= 4 is 34.2 Å². The van der Waals surface area contributed by atoms with Gasteiger partial charge in [0.2, 0.25) is 0 Å². The van der Waals surface area contributed by atoms with Crippen LogP contribution >= 0.6 is 11.6 Å². The van der Waals surface area contributed by atoms with Crippen LogP contribution < -0.4 is 10.6 Å². The van der Waals surface area contributed by atoms with Crippen LogP contribution in [-0.4, -0.2) is 20.8 Å². The van der Waals surface area contributed by atoms with Crippen LogP contribution in [0.25, 0.3) is 16.6 Å². The van der Waals surface area contributed by atoms with Crippen LogP contribution in [0.4, 0.5) is 10.5 Å². The number of aromatic nitrogens is 3. The van der Waals surface area contributed by atoms with Gasteiger partial charge in [0.25, 0.3) is 0 Å². The molecule has 6 nitrogen and oxygen atoms in total. The van der Waals surface area contributed by atoms with Gasteiger partial charge in [0.1, 0.15) is 0 Å². The van der Waals surface area contributed by atoms with Crippen LogP contribution in [0, 0.1) is 0 Å². The highest BCUT2D eigenvalue weighted by atomic mass is 35.5. The number of para-hydroxylation sites is 1. The van der Waals surface area contributed by atoms with Crippen LogP contribution in [0.1, 0.15) is 32.2 Å². The summed E-state index contributed by atoms with van der Waals surface area (Å²) in [5.41, 5.74) is 4.03. The minimum atomic E-state index is -0.312. The van der Waals surface area contributed by atoms with E-state index in [1.807, 2.05) is 65.3 Å². The second-order valence-corrected chi connectivity index (χ2v) is 8.82. The van der Waals surface area contributed by atoms with Crippen molar-refractivity contribution in [2.45, 2.75) is 32.7 Å². The number of hydrogen-bond donors (Lipinski definition) is 2. The van der Waals surface area contributed by atoms with E-state index < -0.39 is 0 Å². The Balaban J connectivity index is 1.52. The summed E-state index contributed by atoms with van der Waals surface area (Å²) in [7, 11) is 0. The van der Waals surface area contributed by atoms with E-state index in [4.69, 9.17) is 16.7 Å². The summed E-state index contributed by atoms with van der Waals surface area (Å²) >= 11 is 6.18. The summed E-state index contributed by atoms with van der Waals surface area (Å²) in [5, 5.41) is 12.1. The molecule has 0 spiro atoms. The Labute approximate surface area is 186 Å². The van der Waals surface area contributed by atoms with Crippen molar-refractivity contribution in [1.29, 1.82) is 0 Å². The molecule has 2 N–H and O–H groups in total. The van der Waals surface area contributed by atoms with Crippen molar-refractivity contribution in [3.63, 3.8) is 0 Å². The van der Waals surface area contributed by atoms with Gasteiger partial charge in [-0.25, -0.2) is 9.48 Å². The number of fused-ring (bicyclic) bond motifs is 1. The number of hydrogen-bond acceptors (Lipinski definition) is 3. The minimum Gasteiger partial charge on any atom is -0.332 e. The van der Waals surface area contributed by atoms with Gasteiger partial charge < -0.3 is 10.6 Å². The Bertz CT molecular complexity index is 1240. The smallest absolute Gasteiger partial charge is 0.319 e. The van der Waals surface area contributed by atoms with Gasteiger partial charge in [-0.3, -0.25) is 4.98 Å². The van der Waals surface area contributed by atoms with Gasteiger partial charge in [-0.1, -0.05) is 56.6 Å². The van der Waals surface area contributed by atoms with Gasteiger partial charge in [-0.05, 0) is 36.4 Å². The lowest BCUT2D eigenvalue weighted by Crippen LogP contribution is -2.29. The maximum absolute atomic E-state index is 12.5. The molecule has 158 valence electrons. The molecule has 0 saturated heterocycles. The van der Waals surface area contributed by atoms with Crippen LogP contribution in [0.2, 0.25) is 5.02 Å². The number of carbonyl (C=O) groups excluding carboxylic acids is 1. The third kappa shape index (κ3) is 4.86. The molecule has 31 heavy (non-hydrogen) atoms. The first-order valence-electron chi connectivity index (χ1n) is 10.0. The molecule has 0 aliphatic rings. The molecule has 0 saturated carbocycles. The van der Waals surface area contributed by atoms with E-state index in [1.165, 1.54) is 0 Å². The quantitative estimate of drug-likeness (QED) is 0.434. The highest BCUT2D eigenvalue weighted by Crippen LogP contribution is 2.25. The Morgan fingerprint density at radius 3 is 2.65 bits per heavy atom. The minimum absolute atomic E-state index is 0.127. The van der Waals surface area contributed by atoms with Crippen molar-refractivity contribution < 1.29 is 4.79 Å². The van der Waals surface area contributed by atoms with Gasteiger partial charge >= 0.3 is 6.03 Å². The molecule has 0 fully saturated rings. The van der Waals surface area contributed by atoms with Crippen LogP contribution in [0.5, 0.6) is 0 Å². The van der Waals surface area contributed by atoms with Gasteiger partial charge in [0.05, 0.1) is 41.0 Å². The normalized spacial score (nSPS) is 11.5. The molecular weight excluding hydrogens is 410 g/mol. The first-order chi connectivity index (χ1) is 14.8. The van der Waals surface area contributed by atoms with Gasteiger partial charge in [0.15, 0.2) is 0 Å². The fourth-order valence-electron chi connectivity index (χ4n) is 3.23. The molecule has 0 radical (unpaired) electrons. The van der Waals surface area contributed by atoms with E-state index in [-0.39, 0.29) is 11.4 Å². The highest BCUT2D eigenvalue weighted by Gasteiger charge is 2.21. The lowest BCUT2D eigenvalue weighted by Gasteiger charge is -2.14. The fourth-order valence-corrected chi connectivity index (χ4v) is 3.41. The van der Waals surface area contributed by atoms with E-state index in [1.54, 1.807) is 6.20 Å². The topological polar surface area (TPSA) is 71.8 Å². The molecule has 2 amide bonds. The average molecular weight is 434 g/mol. The van der Waals surface area contributed by atoms with Crippen LogP contribution in [0.15, 0.2) is 66.9 Å². The first-order valence-corrected chi connectivity index (χ1v) is 10.4. The Morgan fingerprint density at radius 2 is 1.87 bits per heavy atom. The molecule has 2 aromatic carbocycles. The monoisotopic (exact) mass is 433 g/mol. The SMILES string of the molecule is CC(C)(C)c1cc(CNC(=O)Nc2cnc3ccccc3c2)n(-c2cccc(Cl)c2)n1. The highest BCUT2D eigenvalue weighted by molar-refractivity contribution is 6.30. The Morgan fingerprint density at radius 1 is 1.06 bits per heavy atom. The van der Waals surface area contributed by atoms with Crippen molar-refractivity contribution in [1.82, 2.24) is 20.1 Å². The zero-order chi connectivity index (χ0) is 22.0. The second-order valence-electron chi connectivity index (χ2n) is 8.39. The van der Waals surface area contributed by atoms with E-state index >= 15 is 0 Å². The van der Waals surface area contributed by atoms with Gasteiger partial charge in [-0.15, -0.1) is 0 Å². The number of anilines is 1. The number of rotatable bonds is 4. The first kappa shape index (κ1) is 20.9. The summed E-state index contributed by atoms with van der Waals surface area (Å²) in [6, 6.07) is 18.9. The van der Waals surface area contributed by atoms with Crippen molar-refractivity contribution in [2.75, 3.05) is 5.32 Å².